The van der Waals surface area contributed by atoms with Gasteiger partial charge in [0, 0.05) is 6.92 Å². The van der Waals surface area contributed by atoms with Gasteiger partial charge in [-0.05, 0) is 0 Å². The lowest BCUT2D eigenvalue weighted by Crippen LogP contribution is -2.34. The van der Waals surface area contributed by atoms with Crippen LogP contribution in [-0.4, -0.2) is 50.1 Å². The van der Waals surface area contributed by atoms with E-state index in [-0.39, 0.29) is 31.4 Å². The van der Waals surface area contributed by atoms with Crippen molar-refractivity contribution >= 4 is 12.4 Å². The van der Waals surface area contributed by atoms with Crippen LogP contribution in [0.5, 0.6) is 0 Å². The summed E-state index contributed by atoms with van der Waals surface area (Å²) < 4.78 is 20.6. The first-order chi connectivity index (χ1) is 7.22. The molecule has 2 rings (SSSR count). The van der Waals surface area contributed by atoms with E-state index in [0.717, 1.165) is 0 Å². The summed E-state index contributed by atoms with van der Waals surface area (Å²) >= 11 is 0. The van der Waals surface area contributed by atoms with Gasteiger partial charge in [-0.2, -0.15) is 0 Å². The third-order valence-corrected chi connectivity index (χ3v) is 2.51. The van der Waals surface area contributed by atoms with E-state index >= 15 is 0 Å². The maximum Gasteiger partial charge on any atom is 0.303 e. The molecule has 2 aliphatic rings. The second-order valence-corrected chi connectivity index (χ2v) is 3.51. The molecule has 15 heavy (non-hydrogen) atoms. The first-order valence-electron chi connectivity index (χ1n) is 4.72. The number of hydrogen-bond acceptors (Lipinski definition) is 6. The number of rotatable bonds is 3. The van der Waals surface area contributed by atoms with Gasteiger partial charge in [-0.1, -0.05) is 0 Å². The van der Waals surface area contributed by atoms with E-state index in [1.807, 2.05) is 0 Å². The molecule has 0 saturated carbocycles. The lowest BCUT2D eigenvalue weighted by molar-refractivity contribution is -0.151. The van der Waals surface area contributed by atoms with E-state index in [1.54, 1.807) is 0 Å². The quantitative estimate of drug-likeness (QED) is 0.457. The average Bonchev–Trinajstić information content (AvgIpc) is 2.71. The Morgan fingerprint density at radius 3 is 2.47 bits per heavy atom. The minimum Gasteiger partial charge on any atom is -0.459 e. The molecule has 0 aliphatic carbocycles. The normalized spacial score (nSPS) is 38.5. The maximum absolute atomic E-state index is 10.8. The van der Waals surface area contributed by atoms with Gasteiger partial charge in [-0.15, -0.1) is 0 Å². The van der Waals surface area contributed by atoms with Crippen molar-refractivity contribution in [1.82, 2.24) is 0 Å². The Labute approximate surface area is 86.4 Å². The summed E-state index contributed by atoms with van der Waals surface area (Å²) in [5.74, 6) is -0.368. The van der Waals surface area contributed by atoms with Gasteiger partial charge < -0.3 is 18.9 Å². The van der Waals surface area contributed by atoms with Gasteiger partial charge in [-0.25, -0.2) is 0 Å². The number of carbonyl (C=O) groups excluding carboxylic acids is 2. The summed E-state index contributed by atoms with van der Waals surface area (Å²) in [7, 11) is 0. The van der Waals surface area contributed by atoms with Crippen LogP contribution < -0.4 is 0 Å². The van der Waals surface area contributed by atoms with Crippen LogP contribution in [0.2, 0.25) is 0 Å². The highest BCUT2D eigenvalue weighted by molar-refractivity contribution is 5.66. The van der Waals surface area contributed by atoms with Gasteiger partial charge in [0.2, 0.25) is 0 Å². The molecule has 2 saturated heterocycles. The Morgan fingerprint density at radius 2 is 1.87 bits per heavy atom. The number of esters is 1. The zero-order valence-electron chi connectivity index (χ0n) is 8.25. The molecule has 0 aromatic heterocycles. The van der Waals surface area contributed by atoms with Crippen LogP contribution >= 0.6 is 0 Å². The van der Waals surface area contributed by atoms with Gasteiger partial charge in [0.25, 0.3) is 6.47 Å². The molecule has 2 heterocycles. The fourth-order valence-electron chi connectivity index (χ4n) is 1.93. The smallest absolute Gasteiger partial charge is 0.303 e. The van der Waals surface area contributed by atoms with E-state index < -0.39 is 12.2 Å². The lowest BCUT2D eigenvalue weighted by atomic mass is 10.1. The minimum absolute atomic E-state index is 0.284. The first kappa shape index (κ1) is 10.4. The zero-order valence-corrected chi connectivity index (χ0v) is 8.25. The first-order valence-corrected chi connectivity index (χ1v) is 4.72. The SMILES string of the molecule is CC(=O)OC1CO[C@H]2[C@@H](OC=O)CO[C@@H]12. The molecule has 0 aromatic carbocycles. The van der Waals surface area contributed by atoms with Crippen molar-refractivity contribution in [3.63, 3.8) is 0 Å². The molecule has 4 atom stereocenters. The number of ether oxygens (including phenoxy) is 4. The highest BCUT2D eigenvalue weighted by atomic mass is 16.7. The fourth-order valence-corrected chi connectivity index (χ4v) is 1.93. The molecule has 0 N–H and O–H groups in total. The molecule has 1 unspecified atom stereocenters. The Bertz CT molecular complexity index is 265. The fraction of sp³-hybridized carbons (Fsp3) is 0.778. The van der Waals surface area contributed by atoms with Crippen molar-refractivity contribution in [2.45, 2.75) is 31.3 Å². The number of hydrogen-bond donors (Lipinski definition) is 0. The summed E-state index contributed by atoms with van der Waals surface area (Å²) in [4.78, 5) is 21.0. The lowest BCUT2D eigenvalue weighted by Gasteiger charge is -2.15. The van der Waals surface area contributed by atoms with E-state index in [1.165, 1.54) is 6.92 Å². The monoisotopic (exact) mass is 216 g/mol. The molecule has 0 amide bonds. The van der Waals surface area contributed by atoms with E-state index in [4.69, 9.17) is 18.9 Å². The van der Waals surface area contributed by atoms with Crippen LogP contribution in [0, 0.1) is 0 Å². The van der Waals surface area contributed by atoms with E-state index in [2.05, 4.69) is 0 Å². The van der Waals surface area contributed by atoms with Crippen LogP contribution in [-0.2, 0) is 28.5 Å². The van der Waals surface area contributed by atoms with Crippen molar-refractivity contribution in [1.29, 1.82) is 0 Å². The maximum atomic E-state index is 10.8. The zero-order chi connectivity index (χ0) is 10.8. The van der Waals surface area contributed by atoms with Gasteiger partial charge >= 0.3 is 5.97 Å². The third-order valence-electron chi connectivity index (χ3n) is 2.51. The average molecular weight is 216 g/mol. The van der Waals surface area contributed by atoms with Crippen molar-refractivity contribution in [2.75, 3.05) is 13.2 Å². The molecule has 6 nitrogen and oxygen atoms in total. The van der Waals surface area contributed by atoms with Gasteiger partial charge in [0.1, 0.15) is 12.2 Å². The van der Waals surface area contributed by atoms with Crippen LogP contribution in [0.25, 0.3) is 0 Å². The number of fused-ring (bicyclic) bond motifs is 1. The largest absolute Gasteiger partial charge is 0.459 e. The summed E-state index contributed by atoms with van der Waals surface area (Å²) in [5.41, 5.74) is 0. The molecule has 2 aliphatic heterocycles. The molecule has 0 radical (unpaired) electrons. The predicted molar refractivity (Wildman–Crippen MR) is 46.0 cm³/mol. The van der Waals surface area contributed by atoms with Crippen LogP contribution in [0.4, 0.5) is 0 Å². The molecular weight excluding hydrogens is 204 g/mol. The van der Waals surface area contributed by atoms with Crippen LogP contribution in [0.3, 0.4) is 0 Å². The Balaban J connectivity index is 1.95. The molecule has 0 spiro atoms. The van der Waals surface area contributed by atoms with Crippen LogP contribution in [0.1, 0.15) is 6.92 Å². The molecule has 0 aromatic rings. The van der Waals surface area contributed by atoms with Crippen molar-refractivity contribution in [3.05, 3.63) is 0 Å². The van der Waals surface area contributed by atoms with Gasteiger partial charge in [-0.3, -0.25) is 9.59 Å². The topological polar surface area (TPSA) is 71.1 Å². The highest BCUT2D eigenvalue weighted by Gasteiger charge is 2.50. The van der Waals surface area contributed by atoms with Crippen molar-refractivity contribution in [2.24, 2.45) is 0 Å². The van der Waals surface area contributed by atoms with Crippen molar-refractivity contribution < 1.29 is 28.5 Å². The minimum atomic E-state index is -0.396. The van der Waals surface area contributed by atoms with Crippen LogP contribution in [0.15, 0.2) is 0 Å². The molecule has 6 heteroatoms. The molecular formula is C9H12O6. The predicted octanol–water partition coefficient (Wildman–Crippen LogP) is -0.743. The van der Waals surface area contributed by atoms with E-state index in [9.17, 15) is 9.59 Å². The molecule has 2 fully saturated rings. The summed E-state index contributed by atoms with van der Waals surface area (Å²) in [6.07, 6.45) is -1.43. The van der Waals surface area contributed by atoms with Gasteiger partial charge in [0.15, 0.2) is 12.2 Å². The molecule has 0 bridgehead atoms. The third kappa shape index (κ3) is 1.95. The Hall–Kier alpha value is -1.14. The summed E-state index contributed by atoms with van der Waals surface area (Å²) in [5, 5.41) is 0. The van der Waals surface area contributed by atoms with Crippen molar-refractivity contribution in [3.8, 4) is 0 Å². The van der Waals surface area contributed by atoms with Gasteiger partial charge in [0.05, 0.1) is 13.2 Å². The Kier molecular flexibility index (Phi) is 2.88. The highest BCUT2D eigenvalue weighted by Crippen LogP contribution is 2.30. The van der Waals surface area contributed by atoms with E-state index in [0.29, 0.717) is 6.47 Å². The Morgan fingerprint density at radius 1 is 1.27 bits per heavy atom. The standard InChI is InChI=1S/C9H12O6/c1-5(11)15-7-3-13-8-6(14-4-10)2-12-9(7)8/h4,6-9H,2-3H2,1H3/t6-,7?,8-,9-/m0/s1. The molecule has 84 valence electrons. The summed E-state index contributed by atoms with van der Waals surface area (Å²) in [6.45, 7) is 2.28. The second-order valence-electron chi connectivity index (χ2n) is 3.51. The second kappa shape index (κ2) is 4.16. The summed E-state index contributed by atoms with van der Waals surface area (Å²) in [6, 6.07) is 0. The number of carbonyl (C=O) groups is 2.